The molecule has 1 N–H and O–H groups in total. The summed E-state index contributed by atoms with van der Waals surface area (Å²) in [6, 6.07) is 15.2. The molecular weight excluding hydrogens is 541 g/mol. The number of morpholine rings is 1. The van der Waals surface area contributed by atoms with Gasteiger partial charge >= 0.3 is 5.97 Å². The Morgan fingerprint density at radius 1 is 1.09 bits per heavy atom. The molecule has 32 heavy (non-hydrogen) atoms. The van der Waals surface area contributed by atoms with Crippen molar-refractivity contribution in [2.24, 2.45) is 5.92 Å². The van der Waals surface area contributed by atoms with E-state index in [1.54, 1.807) is 6.07 Å². The van der Waals surface area contributed by atoms with Gasteiger partial charge in [0.15, 0.2) is 0 Å². The van der Waals surface area contributed by atoms with Gasteiger partial charge in [-0.3, -0.25) is 9.59 Å². The summed E-state index contributed by atoms with van der Waals surface area (Å²) in [5.41, 5.74) is 1.82. The smallest absolute Gasteiger partial charge is 0.306 e. The van der Waals surface area contributed by atoms with Crippen LogP contribution in [-0.2, 0) is 14.3 Å². The predicted octanol–water partition coefficient (Wildman–Crippen LogP) is 6.01. The van der Waals surface area contributed by atoms with E-state index in [0.717, 1.165) is 27.5 Å². The highest BCUT2D eigenvalue weighted by Gasteiger charge is 2.45. The molecule has 0 bridgehead atoms. The highest BCUT2D eigenvalue weighted by molar-refractivity contribution is 14.1. The fraction of sp³-hybridized carbons (Fsp3) is 0.440. The largest absolute Gasteiger partial charge is 0.481 e. The number of carbonyl (C=O) groups excluding carboxylic acids is 1. The van der Waals surface area contributed by atoms with E-state index in [-0.39, 0.29) is 18.4 Å². The van der Waals surface area contributed by atoms with Crippen molar-refractivity contribution in [3.05, 3.63) is 68.3 Å². The first-order chi connectivity index (χ1) is 15.4. The first-order valence-corrected chi connectivity index (χ1v) is 12.6. The number of aliphatic carboxylic acids is 1. The molecule has 1 saturated heterocycles. The lowest BCUT2D eigenvalue weighted by atomic mass is 9.86. The Morgan fingerprint density at radius 2 is 1.81 bits per heavy atom. The number of hydrogen-bond donors (Lipinski definition) is 1. The molecule has 2 aromatic rings. The maximum atomic E-state index is 13.5. The van der Waals surface area contributed by atoms with Gasteiger partial charge in [-0.25, -0.2) is 0 Å². The summed E-state index contributed by atoms with van der Waals surface area (Å²) in [5.74, 6) is -0.860. The van der Waals surface area contributed by atoms with E-state index < -0.39 is 18.2 Å². The van der Waals surface area contributed by atoms with E-state index in [4.69, 9.17) is 16.3 Å². The average molecular weight is 568 g/mol. The van der Waals surface area contributed by atoms with Crippen molar-refractivity contribution in [3.8, 4) is 0 Å². The van der Waals surface area contributed by atoms with Gasteiger partial charge in [-0.15, -0.1) is 0 Å². The number of rotatable bonds is 6. The normalized spacial score (nSPS) is 24.5. The highest BCUT2D eigenvalue weighted by atomic mass is 127. The maximum Gasteiger partial charge on any atom is 0.306 e. The van der Waals surface area contributed by atoms with Gasteiger partial charge in [-0.05, 0) is 76.7 Å². The topological polar surface area (TPSA) is 66.8 Å². The van der Waals surface area contributed by atoms with Crippen LogP contribution < -0.4 is 0 Å². The minimum Gasteiger partial charge on any atom is -0.481 e. The molecule has 4 rings (SSSR count). The van der Waals surface area contributed by atoms with Gasteiger partial charge in [-0.2, -0.15) is 0 Å². The van der Waals surface area contributed by atoms with Crippen LogP contribution in [0.25, 0.3) is 0 Å². The number of carboxylic acids is 1. The Labute approximate surface area is 207 Å². The molecule has 2 fully saturated rings. The molecule has 1 saturated carbocycles. The Balaban J connectivity index is 1.77. The third kappa shape index (κ3) is 5.46. The van der Waals surface area contributed by atoms with Crippen LogP contribution in [-0.4, -0.2) is 34.5 Å². The van der Waals surface area contributed by atoms with Crippen LogP contribution in [0.15, 0.2) is 48.5 Å². The molecule has 0 spiro atoms. The van der Waals surface area contributed by atoms with Crippen LogP contribution in [0, 0.1) is 9.49 Å². The first-order valence-electron chi connectivity index (χ1n) is 11.1. The molecular formula is C25H27ClINO4. The first kappa shape index (κ1) is 23.5. The second-order valence-electron chi connectivity index (χ2n) is 8.69. The van der Waals surface area contributed by atoms with Gasteiger partial charge in [0.1, 0.15) is 12.2 Å². The van der Waals surface area contributed by atoms with Crippen molar-refractivity contribution in [3.63, 3.8) is 0 Å². The molecule has 7 heteroatoms. The number of carboxylic acid groups (broad SMARTS) is 1. The molecule has 1 amide bonds. The van der Waals surface area contributed by atoms with Crippen molar-refractivity contribution in [2.75, 3.05) is 6.54 Å². The van der Waals surface area contributed by atoms with Gasteiger partial charge in [0.25, 0.3) is 5.91 Å². The molecule has 3 atom stereocenters. The predicted molar refractivity (Wildman–Crippen MR) is 132 cm³/mol. The van der Waals surface area contributed by atoms with E-state index in [2.05, 4.69) is 22.6 Å². The third-order valence-corrected chi connectivity index (χ3v) is 7.37. The zero-order valence-electron chi connectivity index (χ0n) is 17.8. The van der Waals surface area contributed by atoms with E-state index in [9.17, 15) is 14.7 Å². The van der Waals surface area contributed by atoms with Crippen molar-refractivity contribution < 1.29 is 19.4 Å². The molecule has 0 radical (unpaired) electrons. The quantitative estimate of drug-likeness (QED) is 0.434. The van der Waals surface area contributed by atoms with Crippen LogP contribution in [0.4, 0.5) is 0 Å². The summed E-state index contributed by atoms with van der Waals surface area (Å²) in [6.07, 6.45) is 3.91. The SMILES string of the molecule is O=C(O)C[C@@H]1O[C@@H](c2cccc(Cl)c2)[C@@H](c2ccc(I)cc2)N(CC2CCCCC2)C1=O. The zero-order valence-corrected chi connectivity index (χ0v) is 20.7. The van der Waals surface area contributed by atoms with Crippen molar-refractivity contribution in [1.29, 1.82) is 0 Å². The van der Waals surface area contributed by atoms with Gasteiger partial charge in [0.05, 0.1) is 12.5 Å². The molecule has 1 heterocycles. The number of benzene rings is 2. The second kappa shape index (κ2) is 10.5. The Bertz CT molecular complexity index is 961. The summed E-state index contributed by atoms with van der Waals surface area (Å²) < 4.78 is 7.34. The number of amides is 1. The number of ether oxygens (including phenoxy) is 1. The van der Waals surface area contributed by atoms with Crippen molar-refractivity contribution in [2.45, 2.75) is 56.8 Å². The Hall–Kier alpha value is -1.64. The van der Waals surface area contributed by atoms with Gasteiger partial charge < -0.3 is 14.7 Å². The minimum absolute atomic E-state index is 0.236. The second-order valence-corrected chi connectivity index (χ2v) is 10.4. The molecule has 2 aliphatic rings. The average Bonchev–Trinajstić information content (AvgIpc) is 2.77. The highest BCUT2D eigenvalue weighted by Crippen LogP contribution is 2.44. The van der Waals surface area contributed by atoms with Crippen molar-refractivity contribution >= 4 is 46.1 Å². The standard InChI is InChI=1S/C25H27ClINO4/c26-19-8-4-7-18(13-19)24-23(17-9-11-20(27)12-10-17)28(15-16-5-2-1-3-6-16)25(31)21(32-24)14-22(29)30/h4,7-13,16,21,23-24H,1-3,5-6,14-15H2,(H,29,30)/t21-,23+,24-/m0/s1. The summed E-state index contributed by atoms with van der Waals surface area (Å²) in [7, 11) is 0. The molecule has 0 unspecified atom stereocenters. The molecule has 1 aliphatic heterocycles. The molecule has 170 valence electrons. The van der Waals surface area contributed by atoms with Crippen molar-refractivity contribution in [1.82, 2.24) is 4.90 Å². The third-order valence-electron chi connectivity index (χ3n) is 6.42. The fourth-order valence-corrected chi connectivity index (χ4v) is 5.46. The van der Waals surface area contributed by atoms with Crippen LogP contribution >= 0.6 is 34.2 Å². The minimum atomic E-state index is -1.04. The molecule has 5 nitrogen and oxygen atoms in total. The van der Waals surface area contributed by atoms with E-state index in [1.165, 1.54) is 19.3 Å². The number of nitrogens with zero attached hydrogens (tertiary/aromatic N) is 1. The number of carbonyl (C=O) groups is 2. The number of halogens is 2. The van der Waals surface area contributed by atoms with Gasteiger partial charge in [0, 0.05) is 15.1 Å². The lowest BCUT2D eigenvalue weighted by Crippen LogP contribution is -2.52. The summed E-state index contributed by atoms with van der Waals surface area (Å²) in [4.78, 5) is 27.0. The lowest BCUT2D eigenvalue weighted by Gasteiger charge is -2.46. The van der Waals surface area contributed by atoms with Crippen LogP contribution in [0.5, 0.6) is 0 Å². The summed E-state index contributed by atoms with van der Waals surface area (Å²) >= 11 is 8.55. The Morgan fingerprint density at radius 3 is 2.47 bits per heavy atom. The zero-order chi connectivity index (χ0) is 22.7. The van der Waals surface area contributed by atoms with Gasteiger partial charge in [0.2, 0.25) is 0 Å². The fourth-order valence-electron chi connectivity index (χ4n) is 4.90. The van der Waals surface area contributed by atoms with Crippen LogP contribution in [0.2, 0.25) is 5.02 Å². The van der Waals surface area contributed by atoms with E-state index in [1.807, 2.05) is 47.4 Å². The molecule has 2 aromatic carbocycles. The maximum absolute atomic E-state index is 13.5. The molecule has 1 aliphatic carbocycles. The van der Waals surface area contributed by atoms with Gasteiger partial charge in [-0.1, -0.05) is 55.1 Å². The Kier molecular flexibility index (Phi) is 7.74. The van der Waals surface area contributed by atoms with E-state index in [0.29, 0.717) is 17.5 Å². The number of hydrogen-bond acceptors (Lipinski definition) is 3. The monoisotopic (exact) mass is 567 g/mol. The van der Waals surface area contributed by atoms with Crippen LogP contribution in [0.1, 0.15) is 61.8 Å². The summed E-state index contributed by atoms with van der Waals surface area (Å²) in [6.45, 7) is 0.617. The van der Waals surface area contributed by atoms with E-state index >= 15 is 0 Å². The summed E-state index contributed by atoms with van der Waals surface area (Å²) in [5, 5.41) is 10.0. The lowest BCUT2D eigenvalue weighted by molar-refractivity contribution is -0.180. The molecule has 0 aromatic heterocycles. The van der Waals surface area contributed by atoms with Crippen LogP contribution in [0.3, 0.4) is 0 Å².